The molecule has 0 bridgehead atoms. The maximum absolute atomic E-state index is 11.9. The van der Waals surface area contributed by atoms with Crippen LogP contribution in [0.15, 0.2) is 42.5 Å². The van der Waals surface area contributed by atoms with Gasteiger partial charge in [0.25, 0.3) is 0 Å². The first kappa shape index (κ1) is 16.0. The van der Waals surface area contributed by atoms with Gasteiger partial charge < -0.3 is 15.2 Å². The number of carboxylic acid groups (broad SMARTS) is 1. The van der Waals surface area contributed by atoms with Crippen molar-refractivity contribution < 1.29 is 19.4 Å². The van der Waals surface area contributed by atoms with Crippen molar-refractivity contribution in [2.24, 2.45) is 0 Å². The second-order valence-electron chi connectivity index (χ2n) is 5.03. The normalized spacial score (nSPS) is 12.0. The van der Waals surface area contributed by atoms with Crippen LogP contribution >= 0.6 is 0 Å². The van der Waals surface area contributed by atoms with E-state index in [1.165, 1.54) is 7.11 Å². The van der Waals surface area contributed by atoms with Gasteiger partial charge >= 0.3 is 5.97 Å². The number of fused-ring (bicyclic) bond motifs is 1. The predicted molar refractivity (Wildman–Crippen MR) is 83.6 cm³/mol. The molecule has 2 aromatic carbocycles. The summed E-state index contributed by atoms with van der Waals surface area (Å²) in [5, 5.41) is 13.9. The first-order valence-electron chi connectivity index (χ1n) is 7.09. The Morgan fingerprint density at radius 2 is 1.91 bits per heavy atom. The summed E-state index contributed by atoms with van der Waals surface area (Å²) in [5.74, 6) is -1.17. The van der Waals surface area contributed by atoms with Crippen LogP contribution in [0.4, 0.5) is 0 Å². The van der Waals surface area contributed by atoms with Crippen molar-refractivity contribution in [1.29, 1.82) is 0 Å². The lowest BCUT2D eigenvalue weighted by Gasteiger charge is -2.19. The van der Waals surface area contributed by atoms with Crippen LogP contribution in [0.3, 0.4) is 0 Å². The SMILES string of the molecule is COCCC(=O)N[C@H](CC(=O)O)c1cccc2ccccc12. The van der Waals surface area contributed by atoms with Crippen molar-refractivity contribution in [3.63, 3.8) is 0 Å². The molecule has 1 amide bonds. The molecule has 0 aliphatic rings. The number of methoxy groups -OCH3 is 1. The topological polar surface area (TPSA) is 75.6 Å². The molecule has 2 rings (SSSR count). The van der Waals surface area contributed by atoms with E-state index in [2.05, 4.69) is 5.32 Å². The monoisotopic (exact) mass is 301 g/mol. The van der Waals surface area contributed by atoms with Gasteiger partial charge in [-0.15, -0.1) is 0 Å². The van der Waals surface area contributed by atoms with Crippen LogP contribution in [0.2, 0.25) is 0 Å². The zero-order chi connectivity index (χ0) is 15.9. The lowest BCUT2D eigenvalue weighted by molar-refractivity contribution is -0.137. The maximum atomic E-state index is 11.9. The van der Waals surface area contributed by atoms with Gasteiger partial charge in [-0.25, -0.2) is 0 Å². The summed E-state index contributed by atoms with van der Waals surface area (Å²) < 4.78 is 4.87. The van der Waals surface area contributed by atoms with E-state index >= 15 is 0 Å². The van der Waals surface area contributed by atoms with E-state index in [0.717, 1.165) is 16.3 Å². The average molecular weight is 301 g/mol. The summed E-state index contributed by atoms with van der Waals surface area (Å²) in [5.41, 5.74) is 0.811. The van der Waals surface area contributed by atoms with Crippen LogP contribution in [-0.2, 0) is 14.3 Å². The Morgan fingerprint density at radius 3 is 2.64 bits per heavy atom. The van der Waals surface area contributed by atoms with E-state index < -0.39 is 12.0 Å². The number of carbonyl (C=O) groups is 2. The van der Waals surface area contributed by atoms with E-state index in [0.29, 0.717) is 6.61 Å². The van der Waals surface area contributed by atoms with Gasteiger partial charge in [0.15, 0.2) is 0 Å². The summed E-state index contributed by atoms with van der Waals surface area (Å²) in [6.07, 6.45) is 0.0457. The van der Waals surface area contributed by atoms with Crippen molar-refractivity contribution in [3.05, 3.63) is 48.0 Å². The number of benzene rings is 2. The molecule has 0 aliphatic heterocycles. The highest BCUT2D eigenvalue weighted by Crippen LogP contribution is 2.26. The number of carboxylic acids is 1. The van der Waals surface area contributed by atoms with Crippen LogP contribution in [-0.4, -0.2) is 30.7 Å². The molecule has 0 fully saturated rings. The smallest absolute Gasteiger partial charge is 0.305 e. The molecule has 22 heavy (non-hydrogen) atoms. The van der Waals surface area contributed by atoms with Gasteiger partial charge in [0.1, 0.15) is 0 Å². The van der Waals surface area contributed by atoms with Gasteiger partial charge in [-0.2, -0.15) is 0 Å². The molecule has 0 aliphatic carbocycles. The number of hydrogen-bond donors (Lipinski definition) is 2. The van der Waals surface area contributed by atoms with E-state index in [9.17, 15) is 9.59 Å². The fraction of sp³-hybridized carbons (Fsp3) is 0.294. The molecule has 5 nitrogen and oxygen atoms in total. The fourth-order valence-corrected chi connectivity index (χ4v) is 2.43. The molecule has 0 unspecified atom stereocenters. The number of hydrogen-bond acceptors (Lipinski definition) is 3. The van der Waals surface area contributed by atoms with Crippen LogP contribution in [0.5, 0.6) is 0 Å². The third kappa shape index (κ3) is 4.05. The Morgan fingerprint density at radius 1 is 1.18 bits per heavy atom. The fourth-order valence-electron chi connectivity index (χ4n) is 2.43. The van der Waals surface area contributed by atoms with Gasteiger partial charge in [0.05, 0.1) is 19.1 Å². The van der Waals surface area contributed by atoms with Gasteiger partial charge in [-0.3, -0.25) is 9.59 Å². The minimum Gasteiger partial charge on any atom is -0.481 e. The maximum Gasteiger partial charge on any atom is 0.305 e. The first-order valence-corrected chi connectivity index (χ1v) is 7.09. The minimum atomic E-state index is -0.954. The average Bonchev–Trinajstić information content (AvgIpc) is 2.51. The molecule has 0 radical (unpaired) electrons. The van der Waals surface area contributed by atoms with Crippen molar-refractivity contribution in [2.45, 2.75) is 18.9 Å². The van der Waals surface area contributed by atoms with E-state index in [1.807, 2.05) is 42.5 Å². The van der Waals surface area contributed by atoms with Gasteiger partial charge in [-0.1, -0.05) is 42.5 Å². The number of ether oxygens (including phenoxy) is 1. The van der Waals surface area contributed by atoms with Crippen LogP contribution in [0, 0.1) is 0 Å². The Hall–Kier alpha value is -2.40. The van der Waals surface area contributed by atoms with Crippen LogP contribution in [0.25, 0.3) is 10.8 Å². The predicted octanol–water partition coefficient (Wildman–Crippen LogP) is 2.51. The lowest BCUT2D eigenvalue weighted by atomic mass is 9.96. The summed E-state index contributed by atoms with van der Waals surface area (Å²) in [4.78, 5) is 23.1. The zero-order valence-corrected chi connectivity index (χ0v) is 12.4. The Kier molecular flexibility index (Phi) is 5.49. The summed E-state index contributed by atoms with van der Waals surface area (Å²) >= 11 is 0. The lowest BCUT2D eigenvalue weighted by Crippen LogP contribution is -2.30. The third-order valence-corrected chi connectivity index (χ3v) is 3.45. The number of rotatable bonds is 7. The van der Waals surface area contributed by atoms with E-state index in [4.69, 9.17) is 9.84 Å². The van der Waals surface area contributed by atoms with Crippen LogP contribution < -0.4 is 5.32 Å². The van der Waals surface area contributed by atoms with Crippen molar-refractivity contribution in [1.82, 2.24) is 5.32 Å². The summed E-state index contributed by atoms with van der Waals surface area (Å²) in [6.45, 7) is 0.307. The van der Waals surface area contributed by atoms with Crippen molar-refractivity contribution in [2.75, 3.05) is 13.7 Å². The van der Waals surface area contributed by atoms with E-state index in [-0.39, 0.29) is 18.7 Å². The Bertz CT molecular complexity index is 663. The molecule has 0 spiro atoms. The molecule has 1 atom stereocenters. The first-order chi connectivity index (χ1) is 10.6. The van der Waals surface area contributed by atoms with Crippen LogP contribution in [0.1, 0.15) is 24.4 Å². The molecule has 5 heteroatoms. The molecular formula is C17H19NO4. The molecule has 0 heterocycles. The van der Waals surface area contributed by atoms with E-state index in [1.54, 1.807) is 0 Å². The number of carbonyl (C=O) groups excluding carboxylic acids is 1. The number of nitrogens with one attached hydrogen (secondary N) is 1. The van der Waals surface area contributed by atoms with Gasteiger partial charge in [0, 0.05) is 13.5 Å². The molecular weight excluding hydrogens is 282 g/mol. The highest BCUT2D eigenvalue weighted by Gasteiger charge is 2.19. The summed E-state index contributed by atoms with van der Waals surface area (Å²) in [7, 11) is 1.52. The quantitative estimate of drug-likeness (QED) is 0.824. The zero-order valence-electron chi connectivity index (χ0n) is 12.4. The second kappa shape index (κ2) is 7.56. The highest BCUT2D eigenvalue weighted by molar-refractivity contribution is 5.87. The second-order valence-corrected chi connectivity index (χ2v) is 5.03. The number of amides is 1. The van der Waals surface area contributed by atoms with Gasteiger partial charge in [-0.05, 0) is 16.3 Å². The number of aliphatic carboxylic acids is 1. The molecule has 0 aromatic heterocycles. The van der Waals surface area contributed by atoms with Gasteiger partial charge in [0.2, 0.25) is 5.91 Å². The third-order valence-electron chi connectivity index (χ3n) is 3.45. The summed E-state index contributed by atoms with van der Waals surface area (Å²) in [6, 6.07) is 12.8. The molecule has 0 saturated heterocycles. The minimum absolute atomic E-state index is 0.160. The molecule has 0 saturated carbocycles. The Labute approximate surface area is 128 Å². The molecule has 116 valence electrons. The van der Waals surface area contributed by atoms with Crippen molar-refractivity contribution >= 4 is 22.6 Å². The molecule has 2 aromatic rings. The standard InChI is InChI=1S/C17H19NO4/c1-22-10-9-16(19)18-15(11-17(20)21)14-8-4-6-12-5-2-3-7-13(12)14/h2-8,15H,9-11H2,1H3,(H,18,19)(H,20,21)/t15-/m1/s1. The largest absolute Gasteiger partial charge is 0.481 e. The Balaban J connectivity index is 2.31. The molecule has 2 N–H and O–H groups in total. The van der Waals surface area contributed by atoms with Crippen molar-refractivity contribution in [3.8, 4) is 0 Å². The highest BCUT2D eigenvalue weighted by atomic mass is 16.5.